The molecule has 0 aliphatic rings. The van der Waals surface area contributed by atoms with Crippen LogP contribution in [0.25, 0.3) is 0 Å². The average molecular weight is 440 g/mol. The summed E-state index contributed by atoms with van der Waals surface area (Å²) >= 11 is 0. The minimum Gasteiger partial charge on any atom is -0.748 e. The molecule has 0 aromatic heterocycles. The van der Waals surface area contributed by atoms with Crippen molar-refractivity contribution < 1.29 is 80.1 Å². The van der Waals surface area contributed by atoms with Gasteiger partial charge in [-0.1, -0.05) is 0 Å². The van der Waals surface area contributed by atoms with Gasteiger partial charge in [-0.3, -0.25) is 0 Å². The molecule has 9 unspecified atom stereocenters. The van der Waals surface area contributed by atoms with Crippen LogP contribution in [0.3, 0.4) is 0 Å². The maximum Gasteiger partial charge on any atom is 1.00 e. The van der Waals surface area contributed by atoms with Crippen molar-refractivity contribution in [1.29, 1.82) is 0 Å². The van der Waals surface area contributed by atoms with Crippen LogP contribution in [-0.2, 0) is 10.1 Å². The molecule has 16 heteroatoms. The molecule has 0 aliphatic heterocycles. The van der Waals surface area contributed by atoms with E-state index in [1.54, 1.807) is 0 Å². The molecule has 0 fully saturated rings. The molecular weight excluding hydrogens is 428 g/mol. The van der Waals surface area contributed by atoms with Crippen molar-refractivity contribution >= 4 is 10.1 Å². The molecule has 0 heterocycles. The fourth-order valence-electron chi connectivity index (χ4n) is 1.68. The SMILES string of the molecule is O=S(=O)([O-])CC(F)C(F)C(F)C(F)C(F)C(F)C(F)C(F)C(F)C(F)F.[Li+]. The fourth-order valence-corrected chi connectivity index (χ4v) is 2.25. The molecule has 0 saturated heterocycles. The summed E-state index contributed by atoms with van der Waals surface area (Å²) in [5.41, 5.74) is 0. The summed E-state index contributed by atoms with van der Waals surface area (Å²) in [7, 11) is -5.45. The molecule has 0 N–H and O–H groups in total. The van der Waals surface area contributed by atoms with Gasteiger partial charge in [0.25, 0.3) is 6.43 Å². The van der Waals surface area contributed by atoms with Crippen LogP contribution in [0.1, 0.15) is 0 Å². The van der Waals surface area contributed by atoms with Gasteiger partial charge in [-0.25, -0.2) is 56.7 Å². The van der Waals surface area contributed by atoms with Gasteiger partial charge in [0.2, 0.25) is 0 Å². The van der Waals surface area contributed by atoms with E-state index in [9.17, 15) is 61.3 Å². The van der Waals surface area contributed by atoms with Gasteiger partial charge in [0, 0.05) is 0 Å². The van der Waals surface area contributed by atoms with E-state index >= 15 is 0 Å². The maximum atomic E-state index is 13.3. The van der Waals surface area contributed by atoms with E-state index in [0.717, 1.165) is 0 Å². The quantitative estimate of drug-likeness (QED) is 0.255. The summed E-state index contributed by atoms with van der Waals surface area (Å²) in [5, 5.41) is 0. The van der Waals surface area contributed by atoms with Crippen molar-refractivity contribution in [2.75, 3.05) is 5.75 Å². The first-order valence-electron chi connectivity index (χ1n) is 6.60. The molecule has 0 saturated carbocycles. The van der Waals surface area contributed by atoms with Crippen molar-refractivity contribution in [1.82, 2.24) is 0 Å². The van der Waals surface area contributed by atoms with Gasteiger partial charge in [-0.2, -0.15) is 0 Å². The smallest absolute Gasteiger partial charge is 0.748 e. The average Bonchev–Trinajstić information content (AvgIpc) is 2.54. The number of rotatable bonds is 11. The van der Waals surface area contributed by atoms with Crippen molar-refractivity contribution in [3.63, 3.8) is 0 Å². The predicted molar refractivity (Wildman–Crippen MR) is 64.6 cm³/mol. The molecule has 0 bridgehead atoms. The molecule has 0 aromatic rings. The van der Waals surface area contributed by atoms with Gasteiger partial charge in [0.05, 0.1) is 15.9 Å². The Morgan fingerprint density at radius 2 is 0.815 bits per heavy atom. The molecule has 158 valence electrons. The molecule has 0 spiro atoms. The third kappa shape index (κ3) is 8.74. The predicted octanol–water partition coefficient (Wildman–Crippen LogP) is -0.156. The molecule has 0 aromatic carbocycles. The molecule has 0 aliphatic carbocycles. The van der Waals surface area contributed by atoms with Crippen LogP contribution < -0.4 is 18.9 Å². The van der Waals surface area contributed by atoms with Crippen LogP contribution in [0, 0.1) is 0 Å². The minimum absolute atomic E-state index is 0. The Bertz CT molecular complexity index is 528. The molecular formula is C11H12F11LiO3S. The maximum absolute atomic E-state index is 13.3. The third-order valence-corrected chi connectivity index (χ3v) is 3.81. The summed E-state index contributed by atoms with van der Waals surface area (Å²) in [6, 6.07) is 0. The summed E-state index contributed by atoms with van der Waals surface area (Å²) < 4.78 is 172. The van der Waals surface area contributed by atoms with E-state index in [1.807, 2.05) is 0 Å². The Kier molecular flexibility index (Phi) is 12.5. The first-order valence-corrected chi connectivity index (χ1v) is 8.17. The van der Waals surface area contributed by atoms with Gasteiger partial charge in [-0.05, 0) is 0 Å². The first kappa shape index (κ1) is 28.9. The Morgan fingerprint density at radius 1 is 0.556 bits per heavy atom. The summed E-state index contributed by atoms with van der Waals surface area (Å²) in [6.45, 7) is 0. The van der Waals surface area contributed by atoms with Crippen molar-refractivity contribution in [3.8, 4) is 0 Å². The molecule has 9 atom stereocenters. The van der Waals surface area contributed by atoms with E-state index < -0.39 is 77.8 Å². The zero-order valence-electron chi connectivity index (χ0n) is 13.3. The molecule has 0 radical (unpaired) electrons. The Balaban J connectivity index is 0. The van der Waals surface area contributed by atoms with Crippen LogP contribution in [-0.4, -0.2) is 80.7 Å². The Morgan fingerprint density at radius 3 is 1.07 bits per heavy atom. The van der Waals surface area contributed by atoms with Gasteiger partial charge in [0.1, 0.15) is 6.17 Å². The number of alkyl halides is 11. The van der Waals surface area contributed by atoms with Gasteiger partial charge < -0.3 is 4.55 Å². The zero-order chi connectivity index (χ0) is 21.0. The monoisotopic (exact) mass is 440 g/mol. The van der Waals surface area contributed by atoms with E-state index in [1.165, 1.54) is 0 Å². The largest absolute Gasteiger partial charge is 1.00 e. The van der Waals surface area contributed by atoms with Crippen molar-refractivity contribution in [3.05, 3.63) is 0 Å². The molecule has 0 rings (SSSR count). The van der Waals surface area contributed by atoms with E-state index in [-0.39, 0.29) is 18.9 Å². The van der Waals surface area contributed by atoms with E-state index in [2.05, 4.69) is 0 Å². The number of hydrogen-bond donors (Lipinski definition) is 0. The van der Waals surface area contributed by atoms with Crippen LogP contribution in [0.5, 0.6) is 0 Å². The van der Waals surface area contributed by atoms with E-state index in [4.69, 9.17) is 0 Å². The van der Waals surface area contributed by atoms with Crippen LogP contribution in [0.15, 0.2) is 0 Å². The summed E-state index contributed by atoms with van der Waals surface area (Å²) in [5.74, 6) is -2.19. The van der Waals surface area contributed by atoms with Crippen LogP contribution >= 0.6 is 0 Å². The summed E-state index contributed by atoms with van der Waals surface area (Å²) in [4.78, 5) is 0. The molecule has 0 amide bonds. The normalized spacial score (nSPS) is 22.7. The number of hydrogen-bond acceptors (Lipinski definition) is 3. The zero-order valence-corrected chi connectivity index (χ0v) is 14.1. The van der Waals surface area contributed by atoms with Gasteiger partial charge in [-0.15, -0.1) is 0 Å². The van der Waals surface area contributed by atoms with E-state index in [0.29, 0.717) is 0 Å². The Hall–Kier alpha value is -0.263. The standard InChI is InChI=1S/C11H13F11O3S.Li/c12-2(1-26(23,24)25)3(13)4(14)5(15)6(16)7(17)8(18)9(19)10(20)11(21)22;/h2-11H,1H2,(H,23,24,25);/q;+1/p-1. The summed E-state index contributed by atoms with van der Waals surface area (Å²) in [6.07, 6.45) is -39.6. The second-order valence-corrected chi connectivity index (χ2v) is 6.58. The Labute approximate surface area is 158 Å². The first-order chi connectivity index (χ1) is 11.6. The van der Waals surface area contributed by atoms with Crippen LogP contribution in [0.4, 0.5) is 48.3 Å². The third-order valence-electron chi connectivity index (χ3n) is 3.08. The topological polar surface area (TPSA) is 57.2 Å². The van der Waals surface area contributed by atoms with Gasteiger partial charge >= 0.3 is 18.9 Å². The molecule has 27 heavy (non-hydrogen) atoms. The van der Waals surface area contributed by atoms with Crippen molar-refractivity contribution in [2.45, 2.75) is 62.0 Å². The van der Waals surface area contributed by atoms with Crippen molar-refractivity contribution in [2.24, 2.45) is 0 Å². The molecule has 3 nitrogen and oxygen atoms in total. The second-order valence-electron chi connectivity index (χ2n) is 5.13. The fraction of sp³-hybridized carbons (Fsp3) is 1.00. The second kappa shape index (κ2) is 11.7. The van der Waals surface area contributed by atoms with Gasteiger partial charge in [0.15, 0.2) is 49.4 Å². The minimum atomic E-state index is -5.45. The van der Waals surface area contributed by atoms with Crippen LogP contribution in [0.2, 0.25) is 0 Å². The number of halogens is 11.